The second-order valence-corrected chi connectivity index (χ2v) is 5.22. The zero-order valence-corrected chi connectivity index (χ0v) is 14.1. The Morgan fingerprint density at radius 1 is 1.08 bits per heavy atom. The molecule has 3 aromatic rings. The van der Waals surface area contributed by atoms with Gasteiger partial charge >= 0.3 is 0 Å². The molecule has 2 aromatic carbocycles. The van der Waals surface area contributed by atoms with Crippen molar-refractivity contribution in [2.24, 2.45) is 0 Å². The zero-order chi connectivity index (χ0) is 17.8. The first-order valence-electron chi connectivity index (χ1n) is 7.55. The van der Waals surface area contributed by atoms with E-state index in [1.807, 2.05) is 6.07 Å². The van der Waals surface area contributed by atoms with Crippen molar-refractivity contribution in [2.45, 2.75) is 6.92 Å². The Balaban J connectivity index is 1.89. The van der Waals surface area contributed by atoms with Gasteiger partial charge < -0.3 is 19.3 Å². The van der Waals surface area contributed by atoms with E-state index >= 15 is 0 Å². The predicted octanol–water partition coefficient (Wildman–Crippen LogP) is 3.31. The number of hydrogen-bond acceptors (Lipinski definition) is 6. The number of aromatic nitrogens is 2. The average Bonchev–Trinajstić information content (AvgIpc) is 3.07. The number of nitrogens with zero attached hydrogens (tertiary/aromatic N) is 2. The lowest BCUT2D eigenvalue weighted by Gasteiger charge is -2.13. The number of ether oxygens (including phenoxy) is 2. The van der Waals surface area contributed by atoms with Gasteiger partial charge in [-0.15, -0.1) is 0 Å². The Bertz CT molecular complexity index is 883. The second kappa shape index (κ2) is 7.04. The number of benzene rings is 2. The highest BCUT2D eigenvalue weighted by Gasteiger charge is 2.18. The number of anilines is 1. The lowest BCUT2D eigenvalue weighted by molar-refractivity contribution is 0.102. The van der Waals surface area contributed by atoms with E-state index in [-0.39, 0.29) is 5.91 Å². The van der Waals surface area contributed by atoms with Crippen LogP contribution < -0.4 is 14.8 Å². The third kappa shape index (κ3) is 3.45. The molecule has 0 bridgehead atoms. The Labute approximate surface area is 144 Å². The van der Waals surface area contributed by atoms with Gasteiger partial charge in [-0.1, -0.05) is 17.3 Å². The summed E-state index contributed by atoms with van der Waals surface area (Å²) in [7, 11) is 3.01. The molecule has 0 aliphatic carbocycles. The van der Waals surface area contributed by atoms with Crippen molar-refractivity contribution in [3.63, 3.8) is 0 Å². The van der Waals surface area contributed by atoms with Gasteiger partial charge in [0.25, 0.3) is 11.8 Å². The van der Waals surface area contributed by atoms with Crippen molar-refractivity contribution < 1.29 is 18.8 Å². The maximum atomic E-state index is 12.7. The Kier molecular flexibility index (Phi) is 4.65. The minimum atomic E-state index is -0.340. The SMILES string of the molecule is COc1cccc(OC)c1C(=O)Nc1cccc(-c2nc(C)no2)c1. The first kappa shape index (κ1) is 16.5. The highest BCUT2D eigenvalue weighted by molar-refractivity contribution is 6.08. The van der Waals surface area contributed by atoms with E-state index in [2.05, 4.69) is 15.5 Å². The van der Waals surface area contributed by atoms with E-state index in [1.54, 1.807) is 43.3 Å². The molecule has 0 aliphatic heterocycles. The van der Waals surface area contributed by atoms with Crippen LogP contribution in [0.15, 0.2) is 47.0 Å². The summed E-state index contributed by atoms with van der Waals surface area (Å²) in [6.45, 7) is 1.74. The molecule has 0 saturated heterocycles. The highest BCUT2D eigenvalue weighted by Crippen LogP contribution is 2.29. The molecule has 7 heteroatoms. The van der Waals surface area contributed by atoms with Crippen molar-refractivity contribution in [2.75, 3.05) is 19.5 Å². The number of nitrogens with one attached hydrogen (secondary N) is 1. The zero-order valence-electron chi connectivity index (χ0n) is 14.1. The molecule has 1 heterocycles. The van der Waals surface area contributed by atoms with E-state index < -0.39 is 0 Å². The standard InChI is InChI=1S/C18H17N3O4/c1-11-19-18(25-21-11)12-6-4-7-13(10-12)20-17(22)16-14(23-2)8-5-9-15(16)24-3/h4-10H,1-3H3,(H,20,22). The highest BCUT2D eigenvalue weighted by atomic mass is 16.5. The van der Waals surface area contributed by atoms with Crippen LogP contribution >= 0.6 is 0 Å². The molecule has 0 atom stereocenters. The van der Waals surface area contributed by atoms with E-state index in [0.29, 0.717) is 40.0 Å². The molecule has 1 N–H and O–H groups in total. The molecule has 1 aromatic heterocycles. The molecule has 0 saturated carbocycles. The third-order valence-electron chi connectivity index (χ3n) is 3.55. The maximum absolute atomic E-state index is 12.7. The number of methoxy groups -OCH3 is 2. The Morgan fingerprint density at radius 3 is 2.36 bits per heavy atom. The summed E-state index contributed by atoms with van der Waals surface area (Å²) in [5, 5.41) is 6.61. The van der Waals surface area contributed by atoms with Crippen molar-refractivity contribution >= 4 is 11.6 Å². The third-order valence-corrected chi connectivity index (χ3v) is 3.55. The van der Waals surface area contributed by atoms with Gasteiger partial charge in [-0.05, 0) is 37.3 Å². The minimum absolute atomic E-state index is 0.325. The Hall–Kier alpha value is -3.35. The van der Waals surface area contributed by atoms with Gasteiger partial charge in [0.05, 0.1) is 14.2 Å². The lowest BCUT2D eigenvalue weighted by atomic mass is 10.1. The predicted molar refractivity (Wildman–Crippen MR) is 92.0 cm³/mol. The van der Waals surface area contributed by atoms with Gasteiger partial charge in [0, 0.05) is 11.3 Å². The Morgan fingerprint density at radius 2 is 1.76 bits per heavy atom. The van der Waals surface area contributed by atoms with Crippen LogP contribution in [0.4, 0.5) is 5.69 Å². The van der Waals surface area contributed by atoms with Gasteiger partial charge in [0.15, 0.2) is 5.82 Å². The van der Waals surface area contributed by atoms with Crippen LogP contribution in [0.1, 0.15) is 16.2 Å². The van der Waals surface area contributed by atoms with Crippen LogP contribution in [0.3, 0.4) is 0 Å². The maximum Gasteiger partial charge on any atom is 0.263 e. The summed E-state index contributed by atoms with van der Waals surface area (Å²) in [5.41, 5.74) is 1.63. The van der Waals surface area contributed by atoms with Gasteiger partial charge in [0.1, 0.15) is 17.1 Å². The summed E-state index contributed by atoms with van der Waals surface area (Å²) >= 11 is 0. The fraction of sp³-hybridized carbons (Fsp3) is 0.167. The molecular weight excluding hydrogens is 322 g/mol. The molecule has 0 unspecified atom stereocenters. The van der Waals surface area contributed by atoms with Gasteiger partial charge in [-0.2, -0.15) is 4.98 Å². The van der Waals surface area contributed by atoms with E-state index in [9.17, 15) is 4.79 Å². The summed E-state index contributed by atoms with van der Waals surface area (Å²) in [6.07, 6.45) is 0. The molecule has 1 amide bonds. The fourth-order valence-electron chi connectivity index (χ4n) is 2.41. The molecule has 7 nitrogen and oxygen atoms in total. The van der Waals surface area contributed by atoms with Gasteiger partial charge in [-0.3, -0.25) is 4.79 Å². The average molecular weight is 339 g/mol. The van der Waals surface area contributed by atoms with Crippen LogP contribution in [-0.4, -0.2) is 30.3 Å². The quantitative estimate of drug-likeness (QED) is 0.767. The molecule has 0 fully saturated rings. The van der Waals surface area contributed by atoms with Gasteiger partial charge in [0.2, 0.25) is 0 Å². The van der Waals surface area contributed by atoms with Crippen LogP contribution in [0.2, 0.25) is 0 Å². The lowest BCUT2D eigenvalue weighted by Crippen LogP contribution is -2.14. The topological polar surface area (TPSA) is 86.5 Å². The van der Waals surface area contributed by atoms with E-state index in [1.165, 1.54) is 14.2 Å². The monoisotopic (exact) mass is 339 g/mol. The normalized spacial score (nSPS) is 10.4. The van der Waals surface area contributed by atoms with E-state index in [0.717, 1.165) is 0 Å². The van der Waals surface area contributed by atoms with Crippen LogP contribution in [0, 0.1) is 6.92 Å². The van der Waals surface area contributed by atoms with Crippen molar-refractivity contribution in [1.82, 2.24) is 10.1 Å². The number of aryl methyl sites for hydroxylation is 1. The number of carbonyl (C=O) groups excluding carboxylic acids is 1. The van der Waals surface area contributed by atoms with Crippen molar-refractivity contribution in [1.29, 1.82) is 0 Å². The molecule has 3 rings (SSSR count). The summed E-state index contributed by atoms with van der Waals surface area (Å²) in [5.74, 6) is 1.46. The first-order chi connectivity index (χ1) is 12.1. The first-order valence-corrected chi connectivity index (χ1v) is 7.55. The fourth-order valence-corrected chi connectivity index (χ4v) is 2.41. The molecule has 0 aliphatic rings. The van der Waals surface area contributed by atoms with E-state index in [4.69, 9.17) is 14.0 Å². The van der Waals surface area contributed by atoms with Crippen LogP contribution in [0.25, 0.3) is 11.5 Å². The molecular formula is C18H17N3O4. The number of carbonyl (C=O) groups is 1. The molecule has 128 valence electrons. The van der Waals surface area contributed by atoms with Crippen LogP contribution in [0.5, 0.6) is 11.5 Å². The number of rotatable bonds is 5. The van der Waals surface area contributed by atoms with Crippen LogP contribution in [-0.2, 0) is 0 Å². The van der Waals surface area contributed by atoms with Gasteiger partial charge in [-0.25, -0.2) is 0 Å². The molecule has 0 spiro atoms. The minimum Gasteiger partial charge on any atom is -0.496 e. The summed E-state index contributed by atoms with van der Waals surface area (Å²) in [6, 6.07) is 12.3. The largest absolute Gasteiger partial charge is 0.496 e. The number of hydrogen-bond donors (Lipinski definition) is 1. The second-order valence-electron chi connectivity index (χ2n) is 5.22. The molecule has 25 heavy (non-hydrogen) atoms. The summed E-state index contributed by atoms with van der Waals surface area (Å²) in [4.78, 5) is 16.9. The van der Waals surface area contributed by atoms with Crippen molar-refractivity contribution in [3.05, 3.63) is 53.9 Å². The summed E-state index contributed by atoms with van der Waals surface area (Å²) < 4.78 is 15.7. The molecule has 0 radical (unpaired) electrons. The number of amides is 1. The van der Waals surface area contributed by atoms with Crippen molar-refractivity contribution in [3.8, 4) is 23.0 Å². The smallest absolute Gasteiger partial charge is 0.263 e.